The standard InChI is InChI=1S/C22H31N3O4S2/c1-15-6-8-16(9-7-15)24-31(28,29)17-10-11-19-18(14-17)23-21(26)20(30-19)22(27)25-12-4-2-3-5-13-25/h10-11,14-16,20,24H,2-9,12-13H2,1H3,(H,23,26). The summed E-state index contributed by atoms with van der Waals surface area (Å²) in [7, 11) is -3.67. The minimum atomic E-state index is -3.67. The van der Waals surface area contributed by atoms with Crippen LogP contribution in [-0.4, -0.2) is 49.5 Å². The van der Waals surface area contributed by atoms with E-state index >= 15 is 0 Å². The molecule has 2 heterocycles. The summed E-state index contributed by atoms with van der Waals surface area (Å²) in [6.45, 7) is 3.58. The molecule has 0 spiro atoms. The first-order valence-corrected chi connectivity index (χ1v) is 13.6. The number of anilines is 1. The van der Waals surface area contributed by atoms with E-state index in [1.54, 1.807) is 17.0 Å². The normalized spacial score (nSPS) is 27.2. The number of nitrogens with zero attached hydrogens (tertiary/aromatic N) is 1. The fourth-order valence-electron chi connectivity index (χ4n) is 4.54. The second kappa shape index (κ2) is 9.50. The Kier molecular flexibility index (Phi) is 6.93. The van der Waals surface area contributed by atoms with Gasteiger partial charge in [0.2, 0.25) is 21.8 Å². The number of thioether (sulfide) groups is 1. The van der Waals surface area contributed by atoms with Crippen LogP contribution in [0.15, 0.2) is 28.0 Å². The monoisotopic (exact) mass is 465 g/mol. The van der Waals surface area contributed by atoms with Gasteiger partial charge in [-0.15, -0.1) is 11.8 Å². The van der Waals surface area contributed by atoms with Gasteiger partial charge >= 0.3 is 0 Å². The minimum absolute atomic E-state index is 0.0446. The van der Waals surface area contributed by atoms with Gasteiger partial charge in [-0.05, 0) is 62.6 Å². The van der Waals surface area contributed by atoms with Gasteiger partial charge in [-0.1, -0.05) is 19.8 Å². The average molecular weight is 466 g/mol. The lowest BCUT2D eigenvalue weighted by molar-refractivity contribution is -0.133. The van der Waals surface area contributed by atoms with Crippen molar-refractivity contribution in [3.05, 3.63) is 18.2 Å². The smallest absolute Gasteiger partial charge is 0.247 e. The summed E-state index contributed by atoms with van der Waals surface area (Å²) in [4.78, 5) is 28.3. The van der Waals surface area contributed by atoms with Crippen LogP contribution in [0, 0.1) is 5.92 Å². The molecule has 7 nitrogen and oxygen atoms in total. The number of nitrogens with one attached hydrogen (secondary N) is 2. The van der Waals surface area contributed by atoms with Gasteiger partial charge in [-0.3, -0.25) is 9.59 Å². The number of likely N-dealkylation sites (tertiary alicyclic amines) is 1. The largest absolute Gasteiger partial charge is 0.341 e. The zero-order chi connectivity index (χ0) is 22.0. The van der Waals surface area contributed by atoms with Gasteiger partial charge < -0.3 is 10.2 Å². The summed E-state index contributed by atoms with van der Waals surface area (Å²) in [6, 6.07) is 4.71. The molecule has 0 radical (unpaired) electrons. The van der Waals surface area contributed by atoms with E-state index in [0.717, 1.165) is 56.3 Å². The van der Waals surface area contributed by atoms with Gasteiger partial charge in [0, 0.05) is 24.0 Å². The van der Waals surface area contributed by atoms with Gasteiger partial charge in [-0.25, -0.2) is 13.1 Å². The summed E-state index contributed by atoms with van der Waals surface area (Å²) in [5.41, 5.74) is 0.454. The maximum atomic E-state index is 12.9. The van der Waals surface area contributed by atoms with E-state index in [-0.39, 0.29) is 22.8 Å². The van der Waals surface area contributed by atoms with E-state index < -0.39 is 15.3 Å². The fourth-order valence-corrected chi connectivity index (χ4v) is 6.92. The highest BCUT2D eigenvalue weighted by molar-refractivity contribution is 8.01. The van der Waals surface area contributed by atoms with Crippen LogP contribution >= 0.6 is 11.8 Å². The zero-order valence-electron chi connectivity index (χ0n) is 17.9. The van der Waals surface area contributed by atoms with Crippen molar-refractivity contribution in [3.63, 3.8) is 0 Å². The molecule has 0 bridgehead atoms. The number of carbonyl (C=O) groups excluding carboxylic acids is 2. The second-order valence-corrected chi connectivity index (χ2v) is 11.8. The van der Waals surface area contributed by atoms with E-state index in [4.69, 9.17) is 0 Å². The Labute approximate surface area is 188 Å². The molecule has 170 valence electrons. The van der Waals surface area contributed by atoms with Crippen LogP contribution in [0.3, 0.4) is 0 Å². The highest BCUT2D eigenvalue weighted by atomic mass is 32.2. The minimum Gasteiger partial charge on any atom is -0.341 e. The van der Waals surface area contributed by atoms with E-state index in [9.17, 15) is 18.0 Å². The van der Waals surface area contributed by atoms with Gasteiger partial charge in [0.25, 0.3) is 0 Å². The summed E-state index contributed by atoms with van der Waals surface area (Å²) in [5.74, 6) is 0.108. The molecule has 1 aliphatic carbocycles. The molecule has 1 atom stereocenters. The average Bonchev–Trinajstić information content (AvgIpc) is 3.03. The highest BCUT2D eigenvalue weighted by Crippen LogP contribution is 2.38. The van der Waals surface area contributed by atoms with Crippen molar-refractivity contribution in [1.82, 2.24) is 9.62 Å². The number of amides is 2. The van der Waals surface area contributed by atoms with E-state index in [1.807, 2.05) is 0 Å². The molecular formula is C22H31N3O4S2. The number of fused-ring (bicyclic) bond motifs is 1. The molecule has 31 heavy (non-hydrogen) atoms. The number of hydrogen-bond donors (Lipinski definition) is 2. The zero-order valence-corrected chi connectivity index (χ0v) is 19.6. The molecule has 0 aromatic heterocycles. The molecular weight excluding hydrogens is 434 g/mol. The predicted octanol–water partition coefficient (Wildman–Crippen LogP) is 3.36. The first-order valence-electron chi connectivity index (χ1n) is 11.3. The molecule has 4 rings (SSSR count). The Morgan fingerprint density at radius 3 is 2.45 bits per heavy atom. The summed E-state index contributed by atoms with van der Waals surface area (Å²) < 4.78 is 28.6. The molecule has 1 saturated carbocycles. The number of carbonyl (C=O) groups is 2. The van der Waals surface area contributed by atoms with Crippen LogP contribution in [0.2, 0.25) is 0 Å². The lowest BCUT2D eigenvalue weighted by atomic mass is 9.88. The van der Waals surface area contributed by atoms with Crippen molar-refractivity contribution in [1.29, 1.82) is 0 Å². The summed E-state index contributed by atoms with van der Waals surface area (Å²) in [6.07, 6.45) is 7.90. The Morgan fingerprint density at radius 1 is 1.10 bits per heavy atom. The Bertz CT molecular complexity index is 934. The van der Waals surface area contributed by atoms with E-state index in [1.165, 1.54) is 17.8 Å². The first-order chi connectivity index (χ1) is 14.8. The maximum absolute atomic E-state index is 12.9. The quantitative estimate of drug-likeness (QED) is 0.665. The molecule has 1 aromatic rings. The van der Waals surface area contributed by atoms with Crippen LogP contribution in [0.4, 0.5) is 5.69 Å². The van der Waals surface area contributed by atoms with Crippen molar-refractivity contribution in [3.8, 4) is 0 Å². The van der Waals surface area contributed by atoms with Crippen molar-refractivity contribution in [2.75, 3.05) is 18.4 Å². The summed E-state index contributed by atoms with van der Waals surface area (Å²) >= 11 is 1.21. The van der Waals surface area contributed by atoms with Gasteiger partial charge in [-0.2, -0.15) is 0 Å². The molecule has 2 amide bonds. The molecule has 2 N–H and O–H groups in total. The molecule has 1 unspecified atom stereocenters. The molecule has 1 aromatic carbocycles. The Morgan fingerprint density at radius 2 is 1.77 bits per heavy atom. The third-order valence-corrected chi connectivity index (χ3v) is 9.26. The van der Waals surface area contributed by atoms with E-state index in [2.05, 4.69) is 17.0 Å². The highest BCUT2D eigenvalue weighted by Gasteiger charge is 2.36. The predicted molar refractivity (Wildman–Crippen MR) is 122 cm³/mol. The van der Waals surface area contributed by atoms with Crippen molar-refractivity contribution < 1.29 is 18.0 Å². The lowest BCUT2D eigenvalue weighted by Crippen LogP contribution is -2.45. The van der Waals surface area contributed by atoms with Gasteiger partial charge in [0.05, 0.1) is 10.6 Å². The molecule has 1 saturated heterocycles. The van der Waals surface area contributed by atoms with Gasteiger partial charge in [0.1, 0.15) is 0 Å². The Balaban J connectivity index is 1.46. The van der Waals surface area contributed by atoms with Crippen molar-refractivity contribution in [2.45, 2.75) is 79.4 Å². The number of benzene rings is 1. The van der Waals surface area contributed by atoms with Crippen LogP contribution in [0.5, 0.6) is 0 Å². The molecule has 9 heteroatoms. The van der Waals surface area contributed by atoms with Crippen LogP contribution < -0.4 is 10.0 Å². The maximum Gasteiger partial charge on any atom is 0.247 e. The SMILES string of the molecule is CC1CCC(NS(=O)(=O)c2ccc3c(c2)NC(=O)C(C(=O)N2CCCCCC2)S3)CC1. The molecule has 2 fully saturated rings. The summed E-state index contributed by atoms with van der Waals surface area (Å²) in [5, 5.41) is 1.94. The lowest BCUT2D eigenvalue weighted by Gasteiger charge is -2.29. The van der Waals surface area contributed by atoms with E-state index in [0.29, 0.717) is 24.7 Å². The number of hydrogen-bond acceptors (Lipinski definition) is 5. The van der Waals surface area contributed by atoms with Crippen molar-refractivity contribution >= 4 is 39.3 Å². The topological polar surface area (TPSA) is 95.6 Å². The number of rotatable bonds is 4. The fraction of sp³-hybridized carbons (Fsp3) is 0.636. The van der Waals surface area contributed by atoms with Crippen LogP contribution in [0.25, 0.3) is 0 Å². The first kappa shape index (κ1) is 22.6. The van der Waals surface area contributed by atoms with Crippen LogP contribution in [-0.2, 0) is 19.6 Å². The third-order valence-electron chi connectivity index (χ3n) is 6.48. The number of sulfonamides is 1. The molecule has 3 aliphatic rings. The third kappa shape index (κ3) is 5.26. The second-order valence-electron chi connectivity index (χ2n) is 8.96. The van der Waals surface area contributed by atoms with Gasteiger partial charge in [0.15, 0.2) is 5.25 Å². The molecule has 2 aliphatic heterocycles. The Hall–Kier alpha value is -1.58. The van der Waals surface area contributed by atoms with Crippen LogP contribution in [0.1, 0.15) is 58.3 Å². The van der Waals surface area contributed by atoms with Crippen molar-refractivity contribution in [2.24, 2.45) is 5.92 Å².